The number of amides is 3. The van der Waals surface area contributed by atoms with Crippen molar-refractivity contribution in [2.45, 2.75) is 51.2 Å². The smallest absolute Gasteiger partial charge is 0.410 e. The zero-order chi connectivity index (χ0) is 34.5. The molecule has 254 valence electrons. The third kappa shape index (κ3) is 8.74. The number of nitrogens with zero attached hydrogens (tertiary/aromatic N) is 5. The topological polar surface area (TPSA) is 128 Å². The van der Waals surface area contributed by atoms with E-state index < -0.39 is 48.9 Å². The number of carbonyl (C=O) groups is 3. The molecule has 3 amide bonds. The molecule has 1 aromatic heterocycles. The summed E-state index contributed by atoms with van der Waals surface area (Å²) in [6, 6.07) is 15.2. The largest absolute Gasteiger partial charge is 0.494 e. The van der Waals surface area contributed by atoms with Crippen LogP contribution in [0.25, 0.3) is 22.0 Å². The van der Waals surface area contributed by atoms with E-state index in [0.717, 1.165) is 47.8 Å². The average Bonchev–Trinajstić information content (AvgIpc) is 3.39. The fourth-order valence-corrected chi connectivity index (χ4v) is 5.77. The molecule has 0 unspecified atom stereocenters. The number of benzene rings is 2. The Morgan fingerprint density at radius 3 is 2.44 bits per heavy atom. The van der Waals surface area contributed by atoms with Crippen molar-refractivity contribution >= 4 is 28.8 Å². The Balaban J connectivity index is 1.12. The van der Waals surface area contributed by atoms with Crippen molar-refractivity contribution in [2.75, 3.05) is 52.4 Å². The number of rotatable bonds is 9. The third-order valence-corrected chi connectivity index (χ3v) is 8.22. The number of nitriles is 1. The van der Waals surface area contributed by atoms with Gasteiger partial charge in [0.15, 0.2) is 0 Å². The van der Waals surface area contributed by atoms with Gasteiger partial charge in [-0.3, -0.25) is 19.5 Å². The van der Waals surface area contributed by atoms with E-state index in [-0.39, 0.29) is 11.7 Å². The molecule has 2 fully saturated rings. The van der Waals surface area contributed by atoms with Gasteiger partial charge in [0, 0.05) is 50.7 Å². The van der Waals surface area contributed by atoms with Gasteiger partial charge in [-0.25, -0.2) is 13.6 Å². The number of carbonyl (C=O) groups excluding carboxylic acids is 3. The fraction of sp³-hybridized carbons (Fsp3) is 0.457. The average molecular weight is 663 g/mol. The van der Waals surface area contributed by atoms with Crippen LogP contribution in [0.1, 0.15) is 44.0 Å². The summed E-state index contributed by atoms with van der Waals surface area (Å²) < 4.78 is 39.0. The molecule has 0 spiro atoms. The lowest BCUT2D eigenvalue weighted by atomic mass is 10.0. The van der Waals surface area contributed by atoms with Gasteiger partial charge >= 0.3 is 6.09 Å². The second kappa shape index (κ2) is 14.5. The van der Waals surface area contributed by atoms with Crippen LogP contribution >= 0.6 is 0 Å². The van der Waals surface area contributed by atoms with E-state index in [9.17, 15) is 23.2 Å². The first-order valence-corrected chi connectivity index (χ1v) is 16.0. The number of aromatic nitrogens is 1. The van der Waals surface area contributed by atoms with Crippen molar-refractivity contribution in [3.8, 4) is 22.9 Å². The number of likely N-dealkylation sites (tertiary alicyclic amines) is 1. The fourth-order valence-electron chi connectivity index (χ4n) is 5.77. The quantitative estimate of drug-likeness (QED) is 0.327. The third-order valence-electron chi connectivity index (χ3n) is 8.22. The Morgan fingerprint density at radius 2 is 1.75 bits per heavy atom. The van der Waals surface area contributed by atoms with Gasteiger partial charge in [-0.05, 0) is 68.7 Å². The molecule has 5 rings (SSSR count). The first-order chi connectivity index (χ1) is 22.8. The maximum atomic E-state index is 13.8. The van der Waals surface area contributed by atoms with E-state index in [1.54, 1.807) is 17.0 Å². The highest BCUT2D eigenvalue weighted by atomic mass is 19.3. The van der Waals surface area contributed by atoms with Gasteiger partial charge in [0.05, 0.1) is 36.8 Å². The number of pyridine rings is 1. The van der Waals surface area contributed by atoms with Crippen LogP contribution in [0.4, 0.5) is 13.6 Å². The van der Waals surface area contributed by atoms with Crippen LogP contribution in [0.3, 0.4) is 0 Å². The number of piperazine rings is 1. The monoisotopic (exact) mass is 662 g/mol. The number of fused-ring (bicyclic) bond motifs is 1. The number of alkyl halides is 2. The van der Waals surface area contributed by atoms with E-state index in [1.165, 1.54) is 12.3 Å². The lowest BCUT2D eigenvalue weighted by Crippen LogP contribution is -2.50. The summed E-state index contributed by atoms with van der Waals surface area (Å²) in [4.78, 5) is 47.2. The molecule has 0 radical (unpaired) electrons. The molecule has 1 N–H and O–H groups in total. The number of ether oxygens (including phenoxy) is 2. The lowest BCUT2D eigenvalue weighted by molar-refractivity contribution is -0.131. The normalized spacial score (nSPS) is 18.0. The number of hydrogen-bond donors (Lipinski definition) is 1. The zero-order valence-corrected chi connectivity index (χ0v) is 27.4. The van der Waals surface area contributed by atoms with Gasteiger partial charge in [-0.2, -0.15) is 5.26 Å². The van der Waals surface area contributed by atoms with Crippen LogP contribution < -0.4 is 10.1 Å². The Bertz CT molecular complexity index is 1680. The second-order valence-electron chi connectivity index (χ2n) is 13.0. The Hall–Kier alpha value is -4.83. The van der Waals surface area contributed by atoms with E-state index in [0.29, 0.717) is 30.6 Å². The number of nitrogens with one attached hydrogen (secondary N) is 1. The minimum Gasteiger partial charge on any atom is -0.494 e. The summed E-state index contributed by atoms with van der Waals surface area (Å²) in [7, 11) is 0. The van der Waals surface area contributed by atoms with Crippen molar-refractivity contribution in [1.82, 2.24) is 25.0 Å². The van der Waals surface area contributed by atoms with E-state index >= 15 is 0 Å². The Morgan fingerprint density at radius 1 is 1.04 bits per heavy atom. The molecule has 0 aliphatic carbocycles. The second-order valence-corrected chi connectivity index (χ2v) is 13.0. The van der Waals surface area contributed by atoms with E-state index in [2.05, 4.69) is 15.2 Å². The molecule has 11 nitrogen and oxygen atoms in total. The minimum absolute atomic E-state index is 0.268. The van der Waals surface area contributed by atoms with Crippen LogP contribution in [0, 0.1) is 11.3 Å². The molecule has 2 aliphatic rings. The molecule has 2 aromatic carbocycles. The first kappa shape index (κ1) is 34.5. The Labute approximate surface area is 278 Å². The zero-order valence-electron chi connectivity index (χ0n) is 27.4. The molecule has 13 heteroatoms. The summed E-state index contributed by atoms with van der Waals surface area (Å²) in [6.45, 7) is 8.51. The SMILES string of the molecule is CC(C)(C)OC(=O)N1CCN(CCCOc2ccc(-c3ccc4nccc(C(=O)NCC(=O)N5CC(F)(F)C[C@H]5C#N)c4c3)cc2)CC1. The highest BCUT2D eigenvalue weighted by Gasteiger charge is 2.47. The first-order valence-electron chi connectivity index (χ1n) is 16.0. The van der Waals surface area contributed by atoms with Gasteiger partial charge in [0.25, 0.3) is 11.8 Å². The minimum atomic E-state index is -3.13. The molecule has 1 atom stereocenters. The van der Waals surface area contributed by atoms with Gasteiger partial charge in [-0.1, -0.05) is 18.2 Å². The maximum absolute atomic E-state index is 13.8. The predicted molar refractivity (Wildman–Crippen MR) is 175 cm³/mol. The van der Waals surface area contributed by atoms with Crippen molar-refractivity contribution in [3.63, 3.8) is 0 Å². The molecule has 2 saturated heterocycles. The maximum Gasteiger partial charge on any atom is 0.410 e. The number of halogens is 2. The summed E-state index contributed by atoms with van der Waals surface area (Å²) >= 11 is 0. The van der Waals surface area contributed by atoms with Crippen molar-refractivity contribution < 1.29 is 32.6 Å². The van der Waals surface area contributed by atoms with Crippen molar-refractivity contribution in [2.24, 2.45) is 0 Å². The summed E-state index contributed by atoms with van der Waals surface area (Å²) in [5.74, 6) is -3.70. The van der Waals surface area contributed by atoms with Crippen LogP contribution in [-0.4, -0.2) is 108 Å². The summed E-state index contributed by atoms with van der Waals surface area (Å²) in [6.07, 6.45) is 1.34. The van der Waals surface area contributed by atoms with E-state index in [4.69, 9.17) is 14.7 Å². The summed E-state index contributed by atoms with van der Waals surface area (Å²) in [5.41, 5.74) is 2.09. The molecule has 48 heavy (non-hydrogen) atoms. The molecule has 0 saturated carbocycles. The van der Waals surface area contributed by atoms with Crippen molar-refractivity contribution in [3.05, 3.63) is 60.3 Å². The number of hydrogen-bond acceptors (Lipinski definition) is 8. The van der Waals surface area contributed by atoms with Gasteiger partial charge in [0.1, 0.15) is 17.4 Å². The molecule has 0 bridgehead atoms. The Kier molecular flexibility index (Phi) is 10.4. The van der Waals surface area contributed by atoms with Crippen LogP contribution in [0.2, 0.25) is 0 Å². The standard InChI is InChI=1S/C35H40F2N6O5/c1-34(2,3)48-33(46)42-16-14-41(15-17-42)13-4-18-47-27-8-5-24(6-9-27)25-7-10-30-29(19-25)28(11-12-39-30)32(45)40-22-31(44)43-23-35(36,37)20-26(43)21-38/h5-12,19,26H,4,13-18,20,22-23H2,1-3H3,(H,40,45)/t26-/m0/s1. The van der Waals surface area contributed by atoms with Crippen LogP contribution in [0.15, 0.2) is 54.7 Å². The highest BCUT2D eigenvalue weighted by molar-refractivity contribution is 6.07. The molecular weight excluding hydrogens is 622 g/mol. The van der Waals surface area contributed by atoms with E-state index in [1.807, 2.05) is 57.2 Å². The van der Waals surface area contributed by atoms with Crippen LogP contribution in [-0.2, 0) is 9.53 Å². The predicted octanol–water partition coefficient (Wildman–Crippen LogP) is 4.71. The molecule has 3 aromatic rings. The summed E-state index contributed by atoms with van der Waals surface area (Å²) in [5, 5.41) is 12.2. The van der Waals surface area contributed by atoms with Crippen molar-refractivity contribution in [1.29, 1.82) is 5.26 Å². The van der Waals surface area contributed by atoms with Crippen LogP contribution in [0.5, 0.6) is 5.75 Å². The van der Waals surface area contributed by atoms with Gasteiger partial charge in [-0.15, -0.1) is 0 Å². The molecule has 2 aliphatic heterocycles. The van der Waals surface area contributed by atoms with Gasteiger partial charge in [0.2, 0.25) is 5.91 Å². The molecular formula is C35H40F2N6O5. The van der Waals surface area contributed by atoms with Gasteiger partial charge < -0.3 is 24.6 Å². The lowest BCUT2D eigenvalue weighted by Gasteiger charge is -2.35. The highest BCUT2D eigenvalue weighted by Crippen LogP contribution is 2.32. The molecule has 3 heterocycles.